The third kappa shape index (κ3) is 2.32. The Hall–Kier alpha value is -1.59. The number of fused-ring (bicyclic) bond motifs is 1. The van der Waals surface area contributed by atoms with E-state index in [1.54, 1.807) is 0 Å². The number of nitrogens with zero attached hydrogens (tertiary/aromatic N) is 2. The second kappa shape index (κ2) is 4.59. The van der Waals surface area contributed by atoms with E-state index in [0.717, 1.165) is 29.1 Å². The third-order valence-corrected chi connectivity index (χ3v) is 3.36. The van der Waals surface area contributed by atoms with Gasteiger partial charge in [-0.3, -0.25) is 4.90 Å². The van der Waals surface area contributed by atoms with Gasteiger partial charge in [0.05, 0.1) is 24.2 Å². The maximum atomic E-state index is 9.08. The Bertz CT molecular complexity index is 547. The molecule has 0 saturated heterocycles. The zero-order valence-corrected chi connectivity index (χ0v) is 10.3. The zero-order chi connectivity index (χ0) is 12.5. The van der Waals surface area contributed by atoms with E-state index in [1.165, 1.54) is 12.8 Å². The van der Waals surface area contributed by atoms with E-state index in [4.69, 9.17) is 10.8 Å². The Morgan fingerprint density at radius 2 is 2.28 bits per heavy atom. The van der Waals surface area contributed by atoms with Crippen molar-refractivity contribution in [3.63, 3.8) is 0 Å². The molecule has 4 N–H and O–H groups in total. The first-order valence-corrected chi connectivity index (χ1v) is 6.35. The number of aliphatic hydroxyl groups excluding tert-OH is 1. The van der Waals surface area contributed by atoms with Crippen molar-refractivity contribution in [2.24, 2.45) is 0 Å². The Morgan fingerprint density at radius 1 is 1.44 bits per heavy atom. The average Bonchev–Trinajstić information content (AvgIpc) is 3.10. The van der Waals surface area contributed by atoms with Crippen molar-refractivity contribution in [1.82, 2.24) is 14.9 Å². The number of nitrogen functional groups attached to an aromatic ring is 1. The molecule has 0 unspecified atom stereocenters. The van der Waals surface area contributed by atoms with Gasteiger partial charge in [0.25, 0.3) is 0 Å². The van der Waals surface area contributed by atoms with E-state index in [-0.39, 0.29) is 6.61 Å². The summed E-state index contributed by atoms with van der Waals surface area (Å²) in [6, 6.07) is 6.31. The Kier molecular flexibility index (Phi) is 2.93. The summed E-state index contributed by atoms with van der Waals surface area (Å²) in [6.45, 7) is 1.67. The molecule has 96 valence electrons. The van der Waals surface area contributed by atoms with Gasteiger partial charge < -0.3 is 15.8 Å². The number of benzene rings is 1. The molecule has 18 heavy (non-hydrogen) atoms. The first-order valence-electron chi connectivity index (χ1n) is 6.35. The van der Waals surface area contributed by atoms with Gasteiger partial charge in [-0.1, -0.05) is 0 Å². The first kappa shape index (κ1) is 11.5. The number of anilines is 1. The molecule has 0 radical (unpaired) electrons. The molecule has 0 amide bonds. The van der Waals surface area contributed by atoms with Gasteiger partial charge in [-0.25, -0.2) is 4.98 Å². The van der Waals surface area contributed by atoms with Crippen LogP contribution in [0.3, 0.4) is 0 Å². The number of rotatable bonds is 5. The molecule has 0 atom stereocenters. The van der Waals surface area contributed by atoms with E-state index in [0.29, 0.717) is 12.6 Å². The summed E-state index contributed by atoms with van der Waals surface area (Å²) in [6.07, 6.45) is 2.46. The number of hydrogen-bond donors (Lipinski definition) is 3. The van der Waals surface area contributed by atoms with Crippen molar-refractivity contribution in [1.29, 1.82) is 0 Å². The van der Waals surface area contributed by atoms with E-state index in [2.05, 4.69) is 14.9 Å². The quantitative estimate of drug-likeness (QED) is 0.690. The van der Waals surface area contributed by atoms with Crippen LogP contribution in [0.5, 0.6) is 0 Å². The van der Waals surface area contributed by atoms with E-state index < -0.39 is 0 Å². The van der Waals surface area contributed by atoms with Gasteiger partial charge in [0, 0.05) is 18.3 Å². The van der Waals surface area contributed by atoms with Crippen LogP contribution in [0.4, 0.5) is 5.69 Å². The number of nitrogens with one attached hydrogen (secondary N) is 1. The lowest BCUT2D eigenvalue weighted by Crippen LogP contribution is -2.29. The van der Waals surface area contributed by atoms with Crippen molar-refractivity contribution < 1.29 is 5.11 Å². The minimum Gasteiger partial charge on any atom is -0.399 e. The summed E-state index contributed by atoms with van der Waals surface area (Å²) >= 11 is 0. The highest BCUT2D eigenvalue weighted by atomic mass is 16.3. The Morgan fingerprint density at radius 3 is 3.00 bits per heavy atom. The molecule has 2 aromatic rings. The topological polar surface area (TPSA) is 78.2 Å². The van der Waals surface area contributed by atoms with Crippen molar-refractivity contribution in [3.8, 4) is 0 Å². The molecule has 1 saturated carbocycles. The van der Waals surface area contributed by atoms with Crippen molar-refractivity contribution in [2.45, 2.75) is 25.4 Å². The summed E-state index contributed by atoms with van der Waals surface area (Å²) in [5, 5.41) is 9.08. The van der Waals surface area contributed by atoms with E-state index in [9.17, 15) is 0 Å². The highest BCUT2D eigenvalue weighted by Gasteiger charge is 2.29. The van der Waals surface area contributed by atoms with Crippen LogP contribution < -0.4 is 5.73 Å². The smallest absolute Gasteiger partial charge is 0.121 e. The standard InChI is InChI=1S/C13H18N4O/c14-9-1-4-11-12(7-9)16-13(15-11)8-17(5-6-18)10-2-3-10/h1,4,7,10,18H,2-3,5-6,8,14H2,(H,15,16). The van der Waals surface area contributed by atoms with Crippen LogP contribution in [0.1, 0.15) is 18.7 Å². The average molecular weight is 246 g/mol. The Balaban J connectivity index is 1.80. The van der Waals surface area contributed by atoms with Crippen LogP contribution in [0.2, 0.25) is 0 Å². The SMILES string of the molecule is Nc1ccc2nc(CN(CCO)C3CC3)[nH]c2c1. The predicted molar refractivity (Wildman–Crippen MR) is 71.0 cm³/mol. The molecule has 3 rings (SSSR count). The molecule has 0 spiro atoms. The molecule has 1 heterocycles. The fourth-order valence-corrected chi connectivity index (χ4v) is 2.31. The van der Waals surface area contributed by atoms with Crippen LogP contribution >= 0.6 is 0 Å². The Labute approximate surface area is 106 Å². The third-order valence-electron chi connectivity index (χ3n) is 3.36. The van der Waals surface area contributed by atoms with Gasteiger partial charge in [-0.05, 0) is 31.0 Å². The summed E-state index contributed by atoms with van der Waals surface area (Å²) in [5.41, 5.74) is 8.41. The number of aliphatic hydroxyl groups is 1. The molecule has 1 aromatic heterocycles. The molecule has 5 nitrogen and oxygen atoms in total. The highest BCUT2D eigenvalue weighted by Crippen LogP contribution is 2.28. The molecular formula is C13H18N4O. The van der Waals surface area contributed by atoms with Gasteiger partial charge in [0.1, 0.15) is 5.82 Å². The summed E-state index contributed by atoms with van der Waals surface area (Å²) in [5.74, 6) is 0.941. The molecule has 5 heteroatoms. The zero-order valence-electron chi connectivity index (χ0n) is 10.3. The van der Waals surface area contributed by atoms with Crippen molar-refractivity contribution in [2.75, 3.05) is 18.9 Å². The number of hydrogen-bond acceptors (Lipinski definition) is 4. The lowest BCUT2D eigenvalue weighted by atomic mass is 10.3. The number of nitrogens with two attached hydrogens (primary N) is 1. The van der Waals surface area contributed by atoms with Crippen LogP contribution in [0.25, 0.3) is 11.0 Å². The van der Waals surface area contributed by atoms with Crippen LogP contribution in [0.15, 0.2) is 18.2 Å². The van der Waals surface area contributed by atoms with E-state index >= 15 is 0 Å². The summed E-state index contributed by atoms with van der Waals surface area (Å²) < 4.78 is 0. The monoisotopic (exact) mass is 246 g/mol. The normalized spacial score (nSPS) is 15.7. The van der Waals surface area contributed by atoms with Crippen LogP contribution in [-0.2, 0) is 6.54 Å². The fourth-order valence-electron chi connectivity index (χ4n) is 2.31. The number of aromatic amines is 1. The lowest BCUT2D eigenvalue weighted by molar-refractivity contribution is 0.181. The largest absolute Gasteiger partial charge is 0.399 e. The van der Waals surface area contributed by atoms with Gasteiger partial charge in [-0.15, -0.1) is 0 Å². The maximum Gasteiger partial charge on any atom is 0.121 e. The predicted octanol–water partition coefficient (Wildman–Crippen LogP) is 1.10. The van der Waals surface area contributed by atoms with Crippen molar-refractivity contribution >= 4 is 16.7 Å². The van der Waals surface area contributed by atoms with Crippen LogP contribution in [-0.4, -0.2) is 39.2 Å². The summed E-state index contributed by atoms with van der Waals surface area (Å²) in [4.78, 5) is 10.1. The molecule has 1 aromatic carbocycles. The van der Waals surface area contributed by atoms with Gasteiger partial charge in [0.2, 0.25) is 0 Å². The highest BCUT2D eigenvalue weighted by molar-refractivity contribution is 5.78. The fraction of sp³-hybridized carbons (Fsp3) is 0.462. The number of H-pyrrole nitrogens is 1. The molecule has 0 aliphatic heterocycles. The lowest BCUT2D eigenvalue weighted by Gasteiger charge is -2.18. The van der Waals surface area contributed by atoms with E-state index in [1.807, 2.05) is 18.2 Å². The second-order valence-corrected chi connectivity index (χ2v) is 4.89. The minimum absolute atomic E-state index is 0.198. The molecule has 1 fully saturated rings. The molecule has 1 aliphatic rings. The van der Waals surface area contributed by atoms with Gasteiger partial charge in [-0.2, -0.15) is 0 Å². The maximum absolute atomic E-state index is 9.08. The van der Waals surface area contributed by atoms with Gasteiger partial charge in [0.15, 0.2) is 0 Å². The second-order valence-electron chi connectivity index (χ2n) is 4.89. The van der Waals surface area contributed by atoms with Crippen molar-refractivity contribution in [3.05, 3.63) is 24.0 Å². The van der Waals surface area contributed by atoms with Gasteiger partial charge >= 0.3 is 0 Å². The number of imidazole rings is 1. The first-order chi connectivity index (χ1) is 8.76. The minimum atomic E-state index is 0.198. The molecule has 0 bridgehead atoms. The van der Waals surface area contributed by atoms with Crippen LogP contribution in [0, 0.1) is 0 Å². The summed E-state index contributed by atoms with van der Waals surface area (Å²) in [7, 11) is 0. The molecular weight excluding hydrogens is 228 g/mol. The molecule has 1 aliphatic carbocycles. The number of aromatic nitrogens is 2.